The number of hydrogen-bond acceptors (Lipinski definition) is 5. The van der Waals surface area contributed by atoms with E-state index in [0.717, 1.165) is 23.3 Å². The lowest BCUT2D eigenvalue weighted by Crippen LogP contribution is -2.25. The number of halogens is 3. The second-order valence-electron chi connectivity index (χ2n) is 9.54. The van der Waals surface area contributed by atoms with Crippen molar-refractivity contribution < 1.29 is 42.1 Å². The number of ether oxygens (including phenoxy) is 2. The molecule has 1 aliphatic rings. The van der Waals surface area contributed by atoms with Crippen molar-refractivity contribution in [1.82, 2.24) is 0 Å². The zero-order valence-electron chi connectivity index (χ0n) is 21.3. The van der Waals surface area contributed by atoms with E-state index >= 15 is 0 Å². The van der Waals surface area contributed by atoms with Crippen LogP contribution in [-0.2, 0) is 20.5 Å². The standard InChI is InChI=1S/C31H27F3O6/c32-31(33,34)24-7-4-8-26(18-24)39-19-25(35)14-15-27-23(17-29(36)37)13-16-28(27)40-30(38)22-11-9-21(10-12-22)20-5-2-1-3-6-20/h1-12,14-15,18,23,27-28H,13,16-17,19H2,(H,36,37)/b15-14+/t23-,27?,28-/m1/s1. The minimum absolute atomic E-state index is 0.105. The van der Waals surface area contributed by atoms with Crippen LogP contribution in [0.2, 0.25) is 0 Å². The number of alkyl halides is 3. The van der Waals surface area contributed by atoms with Gasteiger partial charge >= 0.3 is 18.1 Å². The molecular weight excluding hydrogens is 525 g/mol. The fourth-order valence-corrected chi connectivity index (χ4v) is 4.77. The molecule has 208 valence electrons. The van der Waals surface area contributed by atoms with Crippen LogP contribution in [-0.4, -0.2) is 35.5 Å². The summed E-state index contributed by atoms with van der Waals surface area (Å²) in [6.07, 6.45) is -1.72. The fraction of sp³-hybridized carbons (Fsp3) is 0.258. The van der Waals surface area contributed by atoms with E-state index < -0.39 is 48.1 Å². The highest BCUT2D eigenvalue weighted by Gasteiger charge is 2.38. The third-order valence-corrected chi connectivity index (χ3v) is 6.77. The van der Waals surface area contributed by atoms with Crippen LogP contribution in [0.25, 0.3) is 11.1 Å². The molecule has 3 atom stereocenters. The van der Waals surface area contributed by atoms with Crippen molar-refractivity contribution in [3.05, 3.63) is 102 Å². The number of carboxylic acids is 1. The van der Waals surface area contributed by atoms with Crippen molar-refractivity contribution in [1.29, 1.82) is 0 Å². The van der Waals surface area contributed by atoms with Crippen LogP contribution in [0.1, 0.15) is 35.2 Å². The maximum atomic E-state index is 12.9. The Hall–Kier alpha value is -4.40. The molecule has 6 nitrogen and oxygen atoms in total. The van der Waals surface area contributed by atoms with Gasteiger partial charge in [0, 0.05) is 12.3 Å². The fourth-order valence-electron chi connectivity index (χ4n) is 4.77. The van der Waals surface area contributed by atoms with Gasteiger partial charge in [-0.1, -0.05) is 54.6 Å². The number of hydrogen-bond donors (Lipinski definition) is 1. The first-order chi connectivity index (χ1) is 19.1. The maximum Gasteiger partial charge on any atom is 0.416 e. The molecule has 0 radical (unpaired) electrons. The van der Waals surface area contributed by atoms with E-state index in [1.165, 1.54) is 24.3 Å². The summed E-state index contributed by atoms with van der Waals surface area (Å²) in [6, 6.07) is 20.8. The Morgan fingerprint density at radius 2 is 1.60 bits per heavy atom. The largest absolute Gasteiger partial charge is 0.485 e. The van der Waals surface area contributed by atoms with Crippen LogP contribution in [0.5, 0.6) is 5.75 Å². The molecule has 1 fully saturated rings. The van der Waals surface area contributed by atoms with E-state index in [4.69, 9.17) is 9.47 Å². The summed E-state index contributed by atoms with van der Waals surface area (Å²) < 4.78 is 49.7. The van der Waals surface area contributed by atoms with Gasteiger partial charge in [0.1, 0.15) is 11.9 Å². The summed E-state index contributed by atoms with van der Waals surface area (Å²) in [4.78, 5) is 36.7. The molecule has 40 heavy (non-hydrogen) atoms. The second kappa shape index (κ2) is 12.6. The van der Waals surface area contributed by atoms with Crippen molar-refractivity contribution in [2.75, 3.05) is 6.61 Å². The molecule has 4 rings (SSSR count). The number of esters is 1. The van der Waals surface area contributed by atoms with E-state index in [-0.39, 0.29) is 18.1 Å². The van der Waals surface area contributed by atoms with E-state index in [1.807, 2.05) is 42.5 Å². The van der Waals surface area contributed by atoms with Gasteiger partial charge in [-0.3, -0.25) is 9.59 Å². The summed E-state index contributed by atoms with van der Waals surface area (Å²) in [5, 5.41) is 9.33. The topological polar surface area (TPSA) is 89.9 Å². The molecule has 0 heterocycles. The lowest BCUT2D eigenvalue weighted by molar-refractivity contribution is -0.139. The van der Waals surface area contributed by atoms with Gasteiger partial charge in [-0.25, -0.2) is 4.79 Å². The molecule has 3 aromatic rings. The predicted molar refractivity (Wildman–Crippen MR) is 141 cm³/mol. The zero-order valence-corrected chi connectivity index (χ0v) is 21.3. The molecule has 0 amide bonds. The Bertz CT molecular complexity index is 1370. The van der Waals surface area contributed by atoms with Gasteiger partial charge in [-0.2, -0.15) is 13.2 Å². The third-order valence-electron chi connectivity index (χ3n) is 6.77. The third kappa shape index (κ3) is 7.59. The molecule has 0 aliphatic heterocycles. The monoisotopic (exact) mass is 552 g/mol. The Labute approximate surface area is 229 Å². The Kier molecular flexibility index (Phi) is 9.04. The smallest absolute Gasteiger partial charge is 0.416 e. The van der Waals surface area contributed by atoms with Crippen LogP contribution in [0, 0.1) is 11.8 Å². The first-order valence-electron chi connectivity index (χ1n) is 12.7. The molecule has 3 aromatic carbocycles. The minimum Gasteiger partial charge on any atom is -0.485 e. The highest BCUT2D eigenvalue weighted by Crippen LogP contribution is 2.38. The quantitative estimate of drug-likeness (QED) is 0.225. The van der Waals surface area contributed by atoms with Crippen molar-refractivity contribution in [3.8, 4) is 16.9 Å². The Morgan fingerprint density at radius 3 is 2.27 bits per heavy atom. The average Bonchev–Trinajstić information content (AvgIpc) is 3.30. The number of carbonyl (C=O) groups is 3. The molecule has 0 bridgehead atoms. The molecule has 1 unspecified atom stereocenters. The van der Waals surface area contributed by atoms with Crippen LogP contribution < -0.4 is 4.74 Å². The number of carboxylic acid groups (broad SMARTS) is 1. The SMILES string of the molecule is O=C(O)C[C@H]1CC[C@@H](OC(=O)c2ccc(-c3ccccc3)cc2)C1/C=C/C(=O)COc1cccc(C(F)(F)F)c1. The Morgan fingerprint density at radius 1 is 0.900 bits per heavy atom. The van der Waals surface area contributed by atoms with E-state index in [1.54, 1.807) is 12.1 Å². The normalized spacial score (nSPS) is 18.9. The van der Waals surface area contributed by atoms with Crippen LogP contribution in [0.4, 0.5) is 13.2 Å². The number of benzene rings is 3. The highest BCUT2D eigenvalue weighted by molar-refractivity contribution is 5.91. The predicted octanol–water partition coefficient (Wildman–Crippen LogP) is 6.60. The minimum atomic E-state index is -4.54. The maximum absolute atomic E-state index is 12.9. The molecule has 0 aromatic heterocycles. The van der Waals surface area contributed by atoms with Crippen LogP contribution in [0.3, 0.4) is 0 Å². The van der Waals surface area contributed by atoms with E-state index in [0.29, 0.717) is 18.4 Å². The highest BCUT2D eigenvalue weighted by atomic mass is 19.4. The average molecular weight is 553 g/mol. The summed E-state index contributed by atoms with van der Waals surface area (Å²) in [6.45, 7) is -0.508. The van der Waals surface area contributed by atoms with Crippen LogP contribution >= 0.6 is 0 Å². The van der Waals surface area contributed by atoms with Crippen LogP contribution in [0.15, 0.2) is 91.0 Å². The van der Waals surface area contributed by atoms with Gasteiger partial charge in [-0.05, 0) is 66.3 Å². The lowest BCUT2D eigenvalue weighted by Gasteiger charge is -2.21. The summed E-state index contributed by atoms with van der Waals surface area (Å²) in [7, 11) is 0. The van der Waals surface area contributed by atoms with Crippen molar-refractivity contribution in [2.45, 2.75) is 31.5 Å². The molecular formula is C31H27F3O6. The number of carbonyl (C=O) groups excluding carboxylic acids is 2. The van der Waals surface area contributed by atoms with Gasteiger partial charge in [0.25, 0.3) is 0 Å². The first-order valence-corrected chi connectivity index (χ1v) is 12.7. The molecule has 1 N–H and O–H groups in total. The van der Waals surface area contributed by atoms with Gasteiger partial charge in [0.2, 0.25) is 0 Å². The van der Waals surface area contributed by atoms with E-state index in [2.05, 4.69) is 0 Å². The number of aliphatic carboxylic acids is 1. The van der Waals surface area contributed by atoms with Gasteiger partial charge in [0.15, 0.2) is 12.4 Å². The first kappa shape index (κ1) is 28.6. The summed E-state index contributed by atoms with van der Waals surface area (Å²) in [5.74, 6) is -3.08. The second-order valence-corrected chi connectivity index (χ2v) is 9.54. The molecule has 9 heteroatoms. The lowest BCUT2D eigenvalue weighted by atomic mass is 9.91. The van der Waals surface area contributed by atoms with Gasteiger partial charge < -0.3 is 14.6 Å². The van der Waals surface area contributed by atoms with Crippen molar-refractivity contribution in [2.24, 2.45) is 11.8 Å². The molecule has 0 spiro atoms. The van der Waals surface area contributed by atoms with Gasteiger partial charge in [-0.15, -0.1) is 0 Å². The van der Waals surface area contributed by atoms with Gasteiger partial charge in [0.05, 0.1) is 11.1 Å². The van der Waals surface area contributed by atoms with Crippen molar-refractivity contribution >= 4 is 17.7 Å². The Balaban J connectivity index is 1.40. The molecule has 1 aliphatic carbocycles. The summed E-state index contributed by atoms with van der Waals surface area (Å²) >= 11 is 0. The molecule has 0 saturated heterocycles. The van der Waals surface area contributed by atoms with Crippen molar-refractivity contribution in [3.63, 3.8) is 0 Å². The molecule has 1 saturated carbocycles. The summed E-state index contributed by atoms with van der Waals surface area (Å²) in [5.41, 5.74) is 1.39. The van der Waals surface area contributed by atoms with E-state index in [9.17, 15) is 32.7 Å². The number of ketones is 1. The number of rotatable bonds is 10. The zero-order chi connectivity index (χ0) is 28.7.